The van der Waals surface area contributed by atoms with Crippen molar-refractivity contribution in [3.8, 4) is 5.75 Å². The molecule has 32 heavy (non-hydrogen) atoms. The molecule has 3 aromatic rings. The predicted molar refractivity (Wildman–Crippen MR) is 128 cm³/mol. The maximum atomic E-state index is 13.5. The molecule has 0 amide bonds. The van der Waals surface area contributed by atoms with E-state index in [4.69, 9.17) is 9.26 Å². The Bertz CT molecular complexity index is 1010. The van der Waals surface area contributed by atoms with Crippen LogP contribution in [0.3, 0.4) is 0 Å². The lowest BCUT2D eigenvalue weighted by molar-refractivity contribution is 0.301. The first-order valence-electron chi connectivity index (χ1n) is 11.1. The standard InChI is InChI=1S/C25H33N3O3S/c1-17(2)13-14-28(25-12-7-21(15-26-25)18(3)4)32(29)23-10-8-22(9-11-23)30-16-24-19(5)27-31-20(24)6/h7-12,15,17-18H,13-14,16H2,1-6H3. The van der Waals surface area contributed by atoms with Gasteiger partial charge in [-0.2, -0.15) is 0 Å². The molecule has 0 fully saturated rings. The zero-order valence-corrected chi connectivity index (χ0v) is 20.6. The monoisotopic (exact) mass is 455 g/mol. The molecule has 6 nitrogen and oxygen atoms in total. The number of hydrogen-bond acceptors (Lipinski definition) is 5. The van der Waals surface area contributed by atoms with Gasteiger partial charge in [-0.1, -0.05) is 38.9 Å². The van der Waals surface area contributed by atoms with Gasteiger partial charge in [0.05, 0.1) is 16.2 Å². The highest BCUT2D eigenvalue weighted by Crippen LogP contribution is 2.24. The highest BCUT2D eigenvalue weighted by atomic mass is 32.2. The number of anilines is 1. The van der Waals surface area contributed by atoms with E-state index in [-0.39, 0.29) is 0 Å². The van der Waals surface area contributed by atoms with Crippen molar-refractivity contribution in [3.63, 3.8) is 0 Å². The maximum absolute atomic E-state index is 13.5. The Labute approximate surface area is 193 Å². The van der Waals surface area contributed by atoms with Gasteiger partial charge in [0, 0.05) is 12.7 Å². The van der Waals surface area contributed by atoms with E-state index in [1.54, 1.807) is 0 Å². The minimum Gasteiger partial charge on any atom is -0.489 e. The second kappa shape index (κ2) is 10.8. The van der Waals surface area contributed by atoms with Crippen molar-refractivity contribution >= 4 is 16.8 Å². The van der Waals surface area contributed by atoms with E-state index in [9.17, 15) is 4.21 Å². The van der Waals surface area contributed by atoms with Crippen LogP contribution in [0.5, 0.6) is 5.75 Å². The van der Waals surface area contributed by atoms with E-state index >= 15 is 0 Å². The van der Waals surface area contributed by atoms with Crippen LogP contribution in [0.25, 0.3) is 0 Å². The molecule has 3 rings (SSSR count). The highest BCUT2D eigenvalue weighted by Gasteiger charge is 2.18. The Morgan fingerprint density at radius 1 is 1.06 bits per heavy atom. The van der Waals surface area contributed by atoms with Gasteiger partial charge in [0.15, 0.2) is 11.0 Å². The predicted octanol–water partition coefficient (Wildman–Crippen LogP) is 5.96. The van der Waals surface area contributed by atoms with Gasteiger partial charge >= 0.3 is 0 Å². The van der Waals surface area contributed by atoms with E-state index in [1.807, 2.05) is 54.7 Å². The van der Waals surface area contributed by atoms with Crippen LogP contribution in [0, 0.1) is 19.8 Å². The van der Waals surface area contributed by atoms with Gasteiger partial charge in [-0.25, -0.2) is 9.19 Å². The Hall–Kier alpha value is -2.67. The smallest absolute Gasteiger partial charge is 0.154 e. The summed E-state index contributed by atoms with van der Waals surface area (Å²) < 4.78 is 26.4. The molecule has 1 atom stereocenters. The Kier molecular flexibility index (Phi) is 8.07. The molecule has 0 aliphatic heterocycles. The van der Waals surface area contributed by atoms with Gasteiger partial charge in [0.1, 0.15) is 23.9 Å². The first kappa shape index (κ1) is 24.0. The topological polar surface area (TPSA) is 68.5 Å². The molecule has 1 unspecified atom stereocenters. The molecule has 2 aromatic heterocycles. The van der Waals surface area contributed by atoms with Gasteiger partial charge in [-0.3, -0.25) is 4.31 Å². The second-order valence-electron chi connectivity index (χ2n) is 8.70. The van der Waals surface area contributed by atoms with E-state index < -0.39 is 11.0 Å². The van der Waals surface area contributed by atoms with Crippen LogP contribution in [0.1, 0.15) is 62.6 Å². The molecule has 0 radical (unpaired) electrons. The third-order valence-electron chi connectivity index (χ3n) is 5.39. The summed E-state index contributed by atoms with van der Waals surface area (Å²) >= 11 is 0. The van der Waals surface area contributed by atoms with Crippen molar-refractivity contribution in [2.45, 2.75) is 65.4 Å². The van der Waals surface area contributed by atoms with Crippen molar-refractivity contribution < 1.29 is 13.5 Å². The van der Waals surface area contributed by atoms with Crippen LogP contribution < -0.4 is 9.04 Å². The average Bonchev–Trinajstić information content (AvgIpc) is 3.10. The molecule has 0 saturated heterocycles. The summed E-state index contributed by atoms with van der Waals surface area (Å²) in [6.45, 7) is 13.4. The average molecular weight is 456 g/mol. The minimum atomic E-state index is -1.36. The number of rotatable bonds is 10. The van der Waals surface area contributed by atoms with Gasteiger partial charge in [0.25, 0.3) is 0 Å². The molecule has 0 N–H and O–H groups in total. The molecule has 0 aliphatic carbocycles. The zero-order valence-electron chi connectivity index (χ0n) is 19.8. The summed E-state index contributed by atoms with van der Waals surface area (Å²) in [4.78, 5) is 5.33. The Balaban J connectivity index is 1.74. The molecule has 2 heterocycles. The first-order valence-corrected chi connectivity index (χ1v) is 12.2. The van der Waals surface area contributed by atoms with E-state index in [2.05, 4.69) is 43.9 Å². The quantitative estimate of drug-likeness (QED) is 0.377. The summed E-state index contributed by atoms with van der Waals surface area (Å²) in [5.41, 5.74) is 2.95. The highest BCUT2D eigenvalue weighted by molar-refractivity contribution is 7.86. The number of ether oxygens (including phenoxy) is 1. The van der Waals surface area contributed by atoms with Gasteiger partial charge in [-0.15, -0.1) is 0 Å². The molecular formula is C25H33N3O3S. The SMILES string of the molecule is Cc1noc(C)c1COc1ccc(S(=O)N(CCC(C)C)c2ccc(C(C)C)cn2)cc1. The summed E-state index contributed by atoms with van der Waals surface area (Å²) in [5.74, 6) is 3.11. The lowest BCUT2D eigenvalue weighted by Gasteiger charge is -2.24. The fraction of sp³-hybridized carbons (Fsp3) is 0.440. The number of benzene rings is 1. The molecule has 172 valence electrons. The largest absolute Gasteiger partial charge is 0.489 e. The third-order valence-corrected chi connectivity index (χ3v) is 6.84. The van der Waals surface area contributed by atoms with E-state index in [0.29, 0.717) is 35.6 Å². The van der Waals surface area contributed by atoms with Crippen molar-refractivity contribution in [2.24, 2.45) is 5.92 Å². The normalized spacial score (nSPS) is 12.4. The number of nitrogens with zero attached hydrogens (tertiary/aromatic N) is 3. The van der Waals surface area contributed by atoms with E-state index in [0.717, 1.165) is 29.3 Å². The Morgan fingerprint density at radius 3 is 2.31 bits per heavy atom. The molecule has 0 spiro atoms. The molecule has 0 aliphatic rings. The van der Waals surface area contributed by atoms with Crippen LogP contribution >= 0.6 is 0 Å². The first-order chi connectivity index (χ1) is 15.3. The second-order valence-corrected chi connectivity index (χ2v) is 10.1. The van der Waals surface area contributed by atoms with Gasteiger partial charge in [-0.05, 0) is 68.0 Å². The van der Waals surface area contributed by atoms with Crippen LogP contribution in [0.4, 0.5) is 5.82 Å². The fourth-order valence-electron chi connectivity index (χ4n) is 3.19. The van der Waals surface area contributed by atoms with Gasteiger partial charge < -0.3 is 9.26 Å². The lowest BCUT2D eigenvalue weighted by atomic mass is 10.1. The Morgan fingerprint density at radius 2 is 1.78 bits per heavy atom. The molecule has 1 aromatic carbocycles. The number of pyridine rings is 1. The van der Waals surface area contributed by atoms with Crippen LogP contribution in [-0.4, -0.2) is 20.9 Å². The van der Waals surface area contributed by atoms with Crippen molar-refractivity contribution in [1.82, 2.24) is 10.1 Å². The van der Waals surface area contributed by atoms with Crippen molar-refractivity contribution in [1.29, 1.82) is 0 Å². The zero-order chi connectivity index (χ0) is 23.3. The van der Waals surface area contributed by atoms with Crippen LogP contribution in [0.15, 0.2) is 52.0 Å². The minimum absolute atomic E-state index is 0.385. The summed E-state index contributed by atoms with van der Waals surface area (Å²) in [5, 5.41) is 3.95. The molecular weight excluding hydrogens is 422 g/mol. The fourth-order valence-corrected chi connectivity index (χ4v) is 4.36. The molecule has 0 saturated carbocycles. The summed E-state index contributed by atoms with van der Waals surface area (Å²) in [6, 6.07) is 11.4. The molecule has 0 bridgehead atoms. The summed E-state index contributed by atoms with van der Waals surface area (Å²) in [7, 11) is -1.36. The van der Waals surface area contributed by atoms with Crippen molar-refractivity contribution in [3.05, 3.63) is 65.2 Å². The number of aromatic nitrogens is 2. The number of hydrogen-bond donors (Lipinski definition) is 0. The van der Waals surface area contributed by atoms with Crippen LogP contribution in [0.2, 0.25) is 0 Å². The van der Waals surface area contributed by atoms with Gasteiger partial charge in [0.2, 0.25) is 0 Å². The lowest BCUT2D eigenvalue weighted by Crippen LogP contribution is -2.28. The number of aryl methyl sites for hydroxylation is 2. The van der Waals surface area contributed by atoms with Crippen LogP contribution in [-0.2, 0) is 17.6 Å². The van der Waals surface area contributed by atoms with E-state index in [1.165, 1.54) is 5.56 Å². The van der Waals surface area contributed by atoms with Crippen molar-refractivity contribution in [2.75, 3.05) is 10.8 Å². The maximum Gasteiger partial charge on any atom is 0.154 e. The summed E-state index contributed by atoms with van der Waals surface area (Å²) in [6.07, 6.45) is 2.81. The molecule has 7 heteroatoms. The third kappa shape index (κ3) is 5.97.